The lowest BCUT2D eigenvalue weighted by Gasteiger charge is -2.06. The molecule has 26 heavy (non-hydrogen) atoms. The maximum absolute atomic E-state index is 11.2. The molecule has 10 nitrogen and oxygen atoms in total. The first-order valence-corrected chi connectivity index (χ1v) is 8.11. The van der Waals surface area contributed by atoms with Crippen LogP contribution in [0.2, 0.25) is 0 Å². The van der Waals surface area contributed by atoms with Gasteiger partial charge in [0.15, 0.2) is 17.2 Å². The van der Waals surface area contributed by atoms with E-state index < -0.39 is 5.91 Å². The molecule has 0 atom stereocenters. The van der Waals surface area contributed by atoms with Crippen molar-refractivity contribution in [2.75, 3.05) is 5.32 Å². The van der Waals surface area contributed by atoms with Crippen molar-refractivity contribution in [1.82, 2.24) is 29.5 Å². The average Bonchev–Trinajstić information content (AvgIpc) is 3.38. The predicted octanol–water partition coefficient (Wildman–Crippen LogP) is 1.44. The van der Waals surface area contributed by atoms with Gasteiger partial charge < -0.3 is 20.5 Å². The van der Waals surface area contributed by atoms with Gasteiger partial charge in [-0.2, -0.15) is 5.10 Å². The fraction of sp³-hybridized carbons (Fsp3) is 0.188. The maximum atomic E-state index is 11.2. The number of aryl methyl sites for hydroxylation is 2. The number of anilines is 2. The summed E-state index contributed by atoms with van der Waals surface area (Å²) in [6.45, 7) is 0. The zero-order valence-corrected chi connectivity index (χ0v) is 13.6. The molecule has 4 N–H and O–H groups in total. The molecule has 0 aliphatic heterocycles. The third-order valence-corrected chi connectivity index (χ3v) is 4.38. The molecular formula is C16H14N8O2. The van der Waals surface area contributed by atoms with Crippen molar-refractivity contribution in [2.24, 2.45) is 5.73 Å². The number of aromatic nitrogens is 6. The van der Waals surface area contributed by atoms with E-state index in [1.165, 1.54) is 18.3 Å². The molecule has 0 aromatic carbocycles. The van der Waals surface area contributed by atoms with Crippen molar-refractivity contribution in [3.8, 4) is 11.3 Å². The number of nitrogens with zero attached hydrogens (tertiary/aromatic N) is 5. The molecule has 0 radical (unpaired) electrons. The molecule has 0 bridgehead atoms. The third-order valence-electron chi connectivity index (χ3n) is 4.38. The first kappa shape index (κ1) is 14.6. The Labute approximate surface area is 146 Å². The topological polar surface area (TPSA) is 140 Å². The first-order valence-electron chi connectivity index (χ1n) is 8.11. The van der Waals surface area contributed by atoms with E-state index in [2.05, 4.69) is 30.4 Å². The highest BCUT2D eigenvalue weighted by Gasteiger charge is 2.18. The summed E-state index contributed by atoms with van der Waals surface area (Å²) in [5, 5.41) is 7.40. The Hall–Kier alpha value is -3.69. The summed E-state index contributed by atoms with van der Waals surface area (Å²) in [6, 6.07) is 1.55. The van der Waals surface area contributed by atoms with Gasteiger partial charge in [0, 0.05) is 11.3 Å². The molecule has 130 valence electrons. The van der Waals surface area contributed by atoms with Crippen LogP contribution in [-0.4, -0.2) is 35.5 Å². The van der Waals surface area contributed by atoms with Gasteiger partial charge in [-0.15, -0.1) is 0 Å². The van der Waals surface area contributed by atoms with Crippen LogP contribution in [0, 0.1) is 0 Å². The van der Waals surface area contributed by atoms with Crippen LogP contribution in [0.15, 0.2) is 29.3 Å². The van der Waals surface area contributed by atoms with Crippen molar-refractivity contribution < 1.29 is 9.21 Å². The Bertz CT molecular complexity index is 1120. The second-order valence-electron chi connectivity index (χ2n) is 6.04. The number of hydrogen-bond acceptors (Lipinski definition) is 7. The third kappa shape index (κ3) is 2.23. The highest BCUT2D eigenvalue weighted by molar-refractivity contribution is 5.91. The van der Waals surface area contributed by atoms with Crippen molar-refractivity contribution in [1.29, 1.82) is 0 Å². The summed E-state index contributed by atoms with van der Waals surface area (Å²) in [4.78, 5) is 27.8. The van der Waals surface area contributed by atoms with E-state index in [0.717, 1.165) is 25.0 Å². The fourth-order valence-electron chi connectivity index (χ4n) is 3.17. The van der Waals surface area contributed by atoms with Crippen LogP contribution in [0.4, 0.5) is 11.8 Å². The number of nitrogens with one attached hydrogen (secondary N) is 2. The van der Waals surface area contributed by atoms with Gasteiger partial charge in [-0.05, 0) is 25.3 Å². The molecule has 1 aliphatic carbocycles. The van der Waals surface area contributed by atoms with E-state index in [1.54, 1.807) is 16.8 Å². The summed E-state index contributed by atoms with van der Waals surface area (Å²) in [6.07, 6.45) is 7.62. The normalized spacial score (nSPS) is 13.2. The van der Waals surface area contributed by atoms with E-state index in [-0.39, 0.29) is 5.76 Å². The minimum Gasteiger partial charge on any atom is -0.458 e. The smallest absolute Gasteiger partial charge is 0.284 e. The van der Waals surface area contributed by atoms with Gasteiger partial charge in [-0.3, -0.25) is 4.79 Å². The largest absolute Gasteiger partial charge is 0.458 e. The van der Waals surface area contributed by atoms with Crippen LogP contribution >= 0.6 is 0 Å². The van der Waals surface area contributed by atoms with Crippen molar-refractivity contribution >= 4 is 23.3 Å². The van der Waals surface area contributed by atoms with Crippen molar-refractivity contribution in [3.05, 3.63) is 42.0 Å². The fourth-order valence-corrected chi connectivity index (χ4v) is 3.17. The van der Waals surface area contributed by atoms with Crippen molar-refractivity contribution in [2.45, 2.75) is 19.3 Å². The van der Waals surface area contributed by atoms with E-state index in [4.69, 9.17) is 10.2 Å². The lowest BCUT2D eigenvalue weighted by molar-refractivity contribution is 0.0974. The molecule has 0 unspecified atom stereocenters. The van der Waals surface area contributed by atoms with Crippen LogP contribution in [0.25, 0.3) is 16.9 Å². The second kappa shape index (κ2) is 5.41. The molecule has 10 heteroatoms. The number of carbonyl (C=O) groups is 1. The number of carbonyl (C=O) groups excluding carboxylic acids is 1. The van der Waals surface area contributed by atoms with Gasteiger partial charge in [-0.25, -0.2) is 19.5 Å². The number of aromatic amines is 1. The lowest BCUT2D eigenvalue weighted by atomic mass is 10.2. The highest BCUT2D eigenvalue weighted by atomic mass is 16.3. The number of fused-ring (bicyclic) bond motifs is 2. The van der Waals surface area contributed by atoms with Crippen LogP contribution in [0.3, 0.4) is 0 Å². The summed E-state index contributed by atoms with van der Waals surface area (Å²) >= 11 is 0. The van der Waals surface area contributed by atoms with Gasteiger partial charge in [-0.1, -0.05) is 0 Å². The molecule has 1 amide bonds. The number of nitrogens with two attached hydrogens (primary N) is 1. The van der Waals surface area contributed by atoms with Crippen molar-refractivity contribution in [3.63, 3.8) is 0 Å². The van der Waals surface area contributed by atoms with Crippen LogP contribution < -0.4 is 11.1 Å². The quantitative estimate of drug-likeness (QED) is 0.506. The Kier molecular flexibility index (Phi) is 3.05. The molecule has 0 saturated heterocycles. The number of furan rings is 1. The summed E-state index contributed by atoms with van der Waals surface area (Å²) in [5.74, 6) is 0.597. The van der Waals surface area contributed by atoms with Gasteiger partial charge in [0.2, 0.25) is 5.95 Å². The van der Waals surface area contributed by atoms with E-state index in [1.807, 2.05) is 0 Å². The molecule has 0 spiro atoms. The Morgan fingerprint density at radius 3 is 3.08 bits per heavy atom. The molecule has 4 aromatic heterocycles. The SMILES string of the molecule is NC(=O)c1cc(-c2cnc(Nc3nc4c([nH]3)CCC4)c3ncnn23)co1. The summed E-state index contributed by atoms with van der Waals surface area (Å²) in [7, 11) is 0. The Balaban J connectivity index is 1.54. The highest BCUT2D eigenvalue weighted by Crippen LogP contribution is 2.27. The van der Waals surface area contributed by atoms with Crippen LogP contribution in [-0.2, 0) is 12.8 Å². The van der Waals surface area contributed by atoms with Crippen LogP contribution in [0.5, 0.6) is 0 Å². The molecular weight excluding hydrogens is 336 g/mol. The molecule has 0 fully saturated rings. The Morgan fingerprint density at radius 1 is 1.35 bits per heavy atom. The van der Waals surface area contributed by atoms with Gasteiger partial charge in [0.05, 0.1) is 17.6 Å². The monoisotopic (exact) mass is 350 g/mol. The zero-order chi connectivity index (χ0) is 17.7. The summed E-state index contributed by atoms with van der Waals surface area (Å²) in [5.41, 5.74) is 9.28. The lowest BCUT2D eigenvalue weighted by Crippen LogP contribution is -2.09. The number of amides is 1. The predicted molar refractivity (Wildman–Crippen MR) is 90.9 cm³/mol. The van der Waals surface area contributed by atoms with Gasteiger partial charge in [0.1, 0.15) is 12.6 Å². The summed E-state index contributed by atoms with van der Waals surface area (Å²) < 4.78 is 6.78. The average molecular weight is 350 g/mol. The molecule has 4 heterocycles. The molecule has 1 aliphatic rings. The second-order valence-corrected chi connectivity index (χ2v) is 6.04. The standard InChI is InChI=1S/C16H14N8O2/c17-13(25)12-4-8(6-26-12)11-5-18-14(15-19-7-20-24(11)15)23-16-21-9-2-1-3-10(9)22-16/h4-7H,1-3H2,(H2,17,25)(H2,18,21,22,23). The molecule has 0 saturated carbocycles. The number of imidazole rings is 1. The number of H-pyrrole nitrogens is 1. The first-order chi connectivity index (χ1) is 12.7. The van der Waals surface area contributed by atoms with Gasteiger partial charge >= 0.3 is 0 Å². The van der Waals surface area contributed by atoms with E-state index in [0.29, 0.717) is 28.7 Å². The molecule has 5 rings (SSSR count). The minimum absolute atomic E-state index is 0.0700. The van der Waals surface area contributed by atoms with E-state index in [9.17, 15) is 4.79 Å². The van der Waals surface area contributed by atoms with Gasteiger partial charge in [0.25, 0.3) is 5.91 Å². The zero-order valence-electron chi connectivity index (χ0n) is 13.6. The Morgan fingerprint density at radius 2 is 2.27 bits per heavy atom. The van der Waals surface area contributed by atoms with E-state index >= 15 is 0 Å². The number of primary amides is 1. The van der Waals surface area contributed by atoms with Crippen LogP contribution in [0.1, 0.15) is 28.4 Å². The molecule has 4 aromatic rings. The number of hydrogen-bond donors (Lipinski definition) is 3. The minimum atomic E-state index is -0.636. The maximum Gasteiger partial charge on any atom is 0.284 e. The number of rotatable bonds is 4.